The van der Waals surface area contributed by atoms with E-state index in [-0.39, 0.29) is 29.1 Å². The van der Waals surface area contributed by atoms with E-state index in [0.29, 0.717) is 24.9 Å². The van der Waals surface area contributed by atoms with Gasteiger partial charge >= 0.3 is 0 Å². The first-order chi connectivity index (χ1) is 12.0. The fourth-order valence-electron chi connectivity index (χ4n) is 2.81. The van der Waals surface area contributed by atoms with Crippen LogP contribution in [0.15, 0.2) is 23.0 Å². The topological polar surface area (TPSA) is 110 Å². The van der Waals surface area contributed by atoms with Crippen LogP contribution in [0.4, 0.5) is 0 Å². The second-order valence-corrected chi connectivity index (χ2v) is 6.48. The fourth-order valence-corrected chi connectivity index (χ4v) is 2.81. The minimum atomic E-state index is -0.404. The van der Waals surface area contributed by atoms with Gasteiger partial charge in [-0.25, -0.2) is 0 Å². The highest BCUT2D eigenvalue weighted by molar-refractivity contribution is 5.94. The minimum absolute atomic E-state index is 0.0600. The number of nitrogens with zero attached hydrogens (tertiary/aromatic N) is 3. The monoisotopic (exact) mass is 346 g/mol. The molecule has 0 spiro atoms. The van der Waals surface area contributed by atoms with Crippen LogP contribution in [-0.2, 0) is 4.74 Å². The Morgan fingerprint density at radius 2 is 2.08 bits per heavy atom. The summed E-state index contributed by atoms with van der Waals surface area (Å²) in [6.07, 6.45) is 4.27. The Morgan fingerprint density at radius 3 is 2.72 bits per heavy atom. The molecule has 25 heavy (non-hydrogen) atoms. The zero-order valence-electron chi connectivity index (χ0n) is 14.3. The van der Waals surface area contributed by atoms with E-state index >= 15 is 0 Å². The van der Waals surface area contributed by atoms with Gasteiger partial charge in [-0.1, -0.05) is 19.0 Å². The van der Waals surface area contributed by atoms with Gasteiger partial charge in [-0.3, -0.25) is 9.78 Å². The Morgan fingerprint density at radius 1 is 1.32 bits per heavy atom. The molecule has 2 aromatic rings. The zero-order chi connectivity index (χ0) is 17.8. The number of nitrogens with one attached hydrogen (secondary N) is 1. The second-order valence-electron chi connectivity index (χ2n) is 6.48. The fraction of sp³-hybridized carbons (Fsp3) is 0.529. The number of hydrogen-bond acceptors (Lipinski definition) is 7. The van der Waals surface area contributed by atoms with E-state index < -0.39 is 6.04 Å². The first-order valence-corrected chi connectivity index (χ1v) is 8.40. The maximum absolute atomic E-state index is 12.6. The van der Waals surface area contributed by atoms with Gasteiger partial charge in [0.1, 0.15) is 11.8 Å². The van der Waals surface area contributed by atoms with Crippen LogP contribution in [-0.4, -0.2) is 39.4 Å². The lowest BCUT2D eigenvalue weighted by Crippen LogP contribution is -2.36. The van der Waals surface area contributed by atoms with Gasteiger partial charge in [0, 0.05) is 25.3 Å². The second kappa shape index (κ2) is 7.60. The van der Waals surface area contributed by atoms with Gasteiger partial charge in [0.2, 0.25) is 5.89 Å². The van der Waals surface area contributed by atoms with Crippen LogP contribution in [0.3, 0.4) is 0 Å². The molecule has 2 aromatic heterocycles. The predicted octanol–water partition coefficient (Wildman–Crippen LogP) is 2.19. The van der Waals surface area contributed by atoms with Gasteiger partial charge < -0.3 is 19.7 Å². The molecule has 2 N–H and O–H groups in total. The van der Waals surface area contributed by atoms with Crippen molar-refractivity contribution in [3.05, 3.63) is 35.7 Å². The molecule has 8 nitrogen and oxygen atoms in total. The van der Waals surface area contributed by atoms with Crippen molar-refractivity contribution in [2.45, 2.75) is 38.6 Å². The Kier molecular flexibility index (Phi) is 5.28. The van der Waals surface area contributed by atoms with E-state index in [4.69, 9.17) is 9.26 Å². The maximum atomic E-state index is 12.6. The largest absolute Gasteiger partial charge is 0.506 e. The van der Waals surface area contributed by atoms with E-state index in [2.05, 4.69) is 20.4 Å². The summed E-state index contributed by atoms with van der Waals surface area (Å²) in [7, 11) is 0. The highest BCUT2D eigenvalue weighted by Crippen LogP contribution is 2.30. The highest BCUT2D eigenvalue weighted by atomic mass is 16.5. The molecule has 0 bridgehead atoms. The molecule has 1 aliphatic rings. The highest BCUT2D eigenvalue weighted by Gasteiger charge is 2.32. The average Bonchev–Trinajstić information content (AvgIpc) is 3.10. The Hall–Kier alpha value is -2.48. The van der Waals surface area contributed by atoms with E-state index in [1.165, 1.54) is 18.5 Å². The summed E-state index contributed by atoms with van der Waals surface area (Å²) in [5.74, 6) is 0.888. The van der Waals surface area contributed by atoms with Crippen molar-refractivity contribution in [2.24, 2.45) is 5.92 Å². The van der Waals surface area contributed by atoms with Crippen molar-refractivity contribution in [1.29, 1.82) is 0 Å². The molecular weight excluding hydrogens is 324 g/mol. The maximum Gasteiger partial charge on any atom is 0.253 e. The van der Waals surface area contributed by atoms with Gasteiger partial charge in [-0.05, 0) is 24.8 Å². The van der Waals surface area contributed by atoms with Gasteiger partial charge in [-0.2, -0.15) is 4.98 Å². The van der Waals surface area contributed by atoms with Gasteiger partial charge in [-0.15, -0.1) is 0 Å². The summed E-state index contributed by atoms with van der Waals surface area (Å²) in [6.45, 7) is 5.23. The van der Waals surface area contributed by atoms with Crippen LogP contribution in [0.25, 0.3) is 0 Å². The number of aromatic nitrogens is 3. The third kappa shape index (κ3) is 4.14. The van der Waals surface area contributed by atoms with Crippen molar-refractivity contribution in [2.75, 3.05) is 13.2 Å². The molecule has 1 atom stereocenters. The van der Waals surface area contributed by atoms with Gasteiger partial charge in [0.05, 0.1) is 11.8 Å². The normalized spacial score (nSPS) is 16.8. The molecule has 134 valence electrons. The number of pyridine rings is 1. The van der Waals surface area contributed by atoms with Gasteiger partial charge in [0.15, 0.2) is 5.82 Å². The molecule has 1 amide bonds. The third-order valence-electron chi connectivity index (χ3n) is 4.25. The van der Waals surface area contributed by atoms with Crippen molar-refractivity contribution in [3.8, 4) is 5.75 Å². The Labute approximate surface area is 145 Å². The number of ether oxygens (including phenoxy) is 1. The molecule has 0 radical (unpaired) electrons. The Balaban J connectivity index is 1.83. The molecule has 1 fully saturated rings. The van der Waals surface area contributed by atoms with E-state index in [0.717, 1.165) is 12.8 Å². The lowest BCUT2D eigenvalue weighted by Gasteiger charge is -2.28. The summed E-state index contributed by atoms with van der Waals surface area (Å²) < 4.78 is 10.8. The average molecular weight is 346 g/mol. The van der Waals surface area contributed by atoms with Crippen LogP contribution < -0.4 is 5.32 Å². The van der Waals surface area contributed by atoms with Gasteiger partial charge in [0.25, 0.3) is 5.91 Å². The lowest BCUT2D eigenvalue weighted by atomic mass is 9.91. The quantitative estimate of drug-likeness (QED) is 0.853. The molecule has 8 heteroatoms. The first-order valence-electron chi connectivity index (χ1n) is 8.40. The number of carbonyl (C=O) groups excluding carboxylic acids is 1. The van der Waals surface area contributed by atoms with Crippen molar-refractivity contribution < 1.29 is 19.2 Å². The number of rotatable bonds is 5. The Bertz CT molecular complexity index is 725. The molecular formula is C17H22N4O4. The molecule has 0 aliphatic carbocycles. The van der Waals surface area contributed by atoms with Crippen LogP contribution >= 0.6 is 0 Å². The summed E-state index contributed by atoms with van der Waals surface area (Å²) >= 11 is 0. The smallest absolute Gasteiger partial charge is 0.253 e. The number of carbonyl (C=O) groups is 1. The summed E-state index contributed by atoms with van der Waals surface area (Å²) in [5.41, 5.74) is 0.278. The standard InChI is InChI=1S/C17H22N4O4/c1-10(2)15-20-17(25-21-15)14(11-3-5-24-6-4-11)19-16(23)12-7-13(22)9-18-8-12/h7-11,14,22H,3-6H2,1-2H3,(H,19,23)/t14-/m1/s1. The van der Waals surface area contributed by atoms with Crippen LogP contribution in [0.1, 0.15) is 60.7 Å². The van der Waals surface area contributed by atoms with E-state index in [9.17, 15) is 9.90 Å². The third-order valence-corrected chi connectivity index (χ3v) is 4.25. The SMILES string of the molecule is CC(C)c1noc([C@H](NC(=O)c2cncc(O)c2)C2CCOCC2)n1. The minimum Gasteiger partial charge on any atom is -0.506 e. The van der Waals surface area contributed by atoms with Crippen molar-refractivity contribution >= 4 is 5.91 Å². The summed E-state index contributed by atoms with van der Waals surface area (Å²) in [6, 6.07) is 0.968. The van der Waals surface area contributed by atoms with Crippen molar-refractivity contribution in [3.63, 3.8) is 0 Å². The molecule has 1 aliphatic heterocycles. The van der Waals surface area contributed by atoms with E-state index in [1.54, 1.807) is 0 Å². The van der Waals surface area contributed by atoms with E-state index in [1.807, 2.05) is 13.8 Å². The zero-order valence-corrected chi connectivity index (χ0v) is 14.3. The summed E-state index contributed by atoms with van der Waals surface area (Å²) in [4.78, 5) is 20.9. The van der Waals surface area contributed by atoms with Crippen molar-refractivity contribution in [1.82, 2.24) is 20.4 Å². The van der Waals surface area contributed by atoms with Crippen LogP contribution in [0, 0.1) is 5.92 Å². The number of aromatic hydroxyl groups is 1. The van der Waals surface area contributed by atoms with Crippen LogP contribution in [0.5, 0.6) is 5.75 Å². The molecule has 0 saturated carbocycles. The first kappa shape index (κ1) is 17.3. The molecule has 3 heterocycles. The summed E-state index contributed by atoms with van der Waals surface area (Å²) in [5, 5.41) is 16.5. The lowest BCUT2D eigenvalue weighted by molar-refractivity contribution is 0.0467. The molecule has 1 saturated heterocycles. The van der Waals surface area contributed by atoms with Crippen LogP contribution in [0.2, 0.25) is 0 Å². The molecule has 0 unspecified atom stereocenters. The molecule has 0 aromatic carbocycles. The predicted molar refractivity (Wildman–Crippen MR) is 88.0 cm³/mol. The number of amides is 1. The number of hydrogen-bond donors (Lipinski definition) is 2. The molecule has 3 rings (SSSR count).